The highest BCUT2D eigenvalue weighted by atomic mass is 35.5. The summed E-state index contributed by atoms with van der Waals surface area (Å²) >= 11 is 6.01. The van der Waals surface area contributed by atoms with Gasteiger partial charge in [0.15, 0.2) is 17.3 Å². The van der Waals surface area contributed by atoms with Crippen LogP contribution in [0.2, 0.25) is 5.02 Å². The largest absolute Gasteiger partial charge is 0.351 e. The monoisotopic (exact) mass is 339 g/mol. The first-order valence-electron chi connectivity index (χ1n) is 7.49. The Labute approximate surface area is 142 Å². The SMILES string of the molecule is Clc1cccc(Nc2ccc3nnc(CCc4c[nH]cn4)n3n2)c1. The van der Waals surface area contributed by atoms with Gasteiger partial charge in [-0.05, 0) is 36.8 Å². The molecule has 0 bridgehead atoms. The summed E-state index contributed by atoms with van der Waals surface area (Å²) in [4.78, 5) is 7.17. The minimum absolute atomic E-state index is 0.671. The number of fused-ring (bicyclic) bond motifs is 1. The van der Waals surface area contributed by atoms with Crippen molar-refractivity contribution in [2.75, 3.05) is 5.32 Å². The highest BCUT2D eigenvalue weighted by Gasteiger charge is 2.09. The Morgan fingerprint density at radius 2 is 2.08 bits per heavy atom. The van der Waals surface area contributed by atoms with Crippen molar-refractivity contribution in [3.8, 4) is 0 Å². The smallest absolute Gasteiger partial charge is 0.178 e. The Morgan fingerprint density at radius 3 is 2.92 bits per heavy atom. The van der Waals surface area contributed by atoms with Crippen molar-refractivity contribution in [2.45, 2.75) is 12.8 Å². The molecule has 7 nitrogen and oxygen atoms in total. The minimum Gasteiger partial charge on any atom is -0.351 e. The highest BCUT2D eigenvalue weighted by Crippen LogP contribution is 2.19. The zero-order valence-corrected chi connectivity index (χ0v) is 13.4. The predicted octanol–water partition coefficient (Wildman–Crippen LogP) is 3.03. The lowest BCUT2D eigenvalue weighted by Gasteiger charge is -2.06. The molecule has 0 aliphatic rings. The van der Waals surface area contributed by atoms with E-state index in [2.05, 4.69) is 30.6 Å². The van der Waals surface area contributed by atoms with Crippen LogP contribution >= 0.6 is 11.6 Å². The van der Waals surface area contributed by atoms with Gasteiger partial charge in [-0.1, -0.05) is 17.7 Å². The summed E-state index contributed by atoms with van der Waals surface area (Å²) < 4.78 is 1.75. The van der Waals surface area contributed by atoms with Crippen molar-refractivity contribution in [3.05, 3.63) is 65.5 Å². The average Bonchev–Trinajstić information content (AvgIpc) is 3.22. The van der Waals surface area contributed by atoms with Crippen LogP contribution in [0, 0.1) is 0 Å². The Bertz CT molecular complexity index is 962. The number of hydrogen-bond donors (Lipinski definition) is 2. The molecule has 8 heteroatoms. The van der Waals surface area contributed by atoms with Crippen LogP contribution in [0.4, 0.5) is 11.5 Å². The van der Waals surface area contributed by atoms with Crippen molar-refractivity contribution in [1.29, 1.82) is 0 Å². The third kappa shape index (κ3) is 3.07. The van der Waals surface area contributed by atoms with E-state index in [-0.39, 0.29) is 0 Å². The number of aromatic nitrogens is 6. The third-order valence-electron chi connectivity index (χ3n) is 3.58. The van der Waals surface area contributed by atoms with Gasteiger partial charge in [-0.25, -0.2) is 4.98 Å². The maximum atomic E-state index is 6.01. The number of aryl methyl sites for hydroxylation is 2. The van der Waals surface area contributed by atoms with Crippen LogP contribution in [0.3, 0.4) is 0 Å². The van der Waals surface area contributed by atoms with Crippen LogP contribution in [0.5, 0.6) is 0 Å². The maximum absolute atomic E-state index is 6.01. The standard InChI is InChI=1S/C16H14ClN7/c17-11-2-1-3-12(8-11)20-14-5-7-16-22-21-15(24(16)23-14)6-4-13-9-18-10-19-13/h1-3,5,7-10H,4,6H2,(H,18,19)(H,20,23). The van der Waals surface area contributed by atoms with Gasteiger partial charge in [-0.3, -0.25) is 0 Å². The number of H-pyrrole nitrogens is 1. The van der Waals surface area contributed by atoms with Crippen LogP contribution in [-0.4, -0.2) is 29.8 Å². The van der Waals surface area contributed by atoms with Crippen LogP contribution in [-0.2, 0) is 12.8 Å². The molecule has 3 aromatic heterocycles. The molecule has 24 heavy (non-hydrogen) atoms. The molecule has 4 aromatic rings. The second-order valence-electron chi connectivity index (χ2n) is 5.30. The highest BCUT2D eigenvalue weighted by molar-refractivity contribution is 6.30. The van der Waals surface area contributed by atoms with Gasteiger partial charge < -0.3 is 10.3 Å². The number of nitrogens with zero attached hydrogens (tertiary/aromatic N) is 5. The molecular formula is C16H14ClN7. The van der Waals surface area contributed by atoms with Crippen molar-refractivity contribution in [1.82, 2.24) is 29.8 Å². The fourth-order valence-electron chi connectivity index (χ4n) is 2.44. The van der Waals surface area contributed by atoms with E-state index in [9.17, 15) is 0 Å². The van der Waals surface area contributed by atoms with Crippen molar-refractivity contribution in [3.63, 3.8) is 0 Å². The molecule has 0 saturated carbocycles. The summed E-state index contributed by atoms with van der Waals surface area (Å²) in [6.07, 6.45) is 5.03. The second kappa shape index (κ2) is 6.29. The van der Waals surface area contributed by atoms with Crippen LogP contribution in [0.1, 0.15) is 11.5 Å². The quantitative estimate of drug-likeness (QED) is 0.584. The van der Waals surface area contributed by atoms with Crippen LogP contribution in [0.15, 0.2) is 48.9 Å². The Kier molecular flexibility index (Phi) is 3.84. The molecule has 2 N–H and O–H groups in total. The van der Waals surface area contributed by atoms with Gasteiger partial charge >= 0.3 is 0 Å². The molecule has 0 fully saturated rings. The first-order chi connectivity index (χ1) is 11.8. The van der Waals surface area contributed by atoms with Gasteiger partial charge in [0.2, 0.25) is 0 Å². The fourth-order valence-corrected chi connectivity index (χ4v) is 2.63. The molecule has 0 aliphatic carbocycles. The Morgan fingerprint density at radius 1 is 1.12 bits per heavy atom. The van der Waals surface area contributed by atoms with E-state index in [1.807, 2.05) is 42.6 Å². The number of anilines is 2. The lowest BCUT2D eigenvalue weighted by Crippen LogP contribution is -2.04. The average molecular weight is 340 g/mol. The number of aromatic amines is 1. The van der Waals surface area contributed by atoms with E-state index in [1.165, 1.54) is 0 Å². The van der Waals surface area contributed by atoms with E-state index in [0.29, 0.717) is 22.9 Å². The summed E-state index contributed by atoms with van der Waals surface area (Å²) in [5.41, 5.74) is 2.57. The topological polar surface area (TPSA) is 83.8 Å². The summed E-state index contributed by atoms with van der Waals surface area (Å²) in [6, 6.07) is 11.2. The Hall–Kier alpha value is -2.93. The number of nitrogens with one attached hydrogen (secondary N) is 2. The molecule has 0 radical (unpaired) electrons. The molecule has 0 atom stereocenters. The molecule has 0 spiro atoms. The maximum Gasteiger partial charge on any atom is 0.178 e. The van der Waals surface area contributed by atoms with Gasteiger partial charge in [0, 0.05) is 23.3 Å². The minimum atomic E-state index is 0.671. The first-order valence-corrected chi connectivity index (χ1v) is 7.87. The van der Waals surface area contributed by atoms with Gasteiger partial charge in [-0.15, -0.1) is 15.3 Å². The molecule has 0 amide bonds. The number of imidazole rings is 1. The third-order valence-corrected chi connectivity index (χ3v) is 3.82. The second-order valence-corrected chi connectivity index (χ2v) is 5.74. The molecule has 3 heterocycles. The van der Waals surface area contributed by atoms with Crippen molar-refractivity contribution in [2.24, 2.45) is 0 Å². The van der Waals surface area contributed by atoms with E-state index in [0.717, 1.165) is 23.6 Å². The summed E-state index contributed by atoms with van der Waals surface area (Å²) in [7, 11) is 0. The number of halogens is 1. The predicted molar refractivity (Wildman–Crippen MR) is 91.5 cm³/mol. The normalized spacial score (nSPS) is 11.0. The zero-order chi connectivity index (χ0) is 16.4. The molecule has 120 valence electrons. The van der Waals surface area contributed by atoms with E-state index >= 15 is 0 Å². The lowest BCUT2D eigenvalue weighted by atomic mass is 10.2. The van der Waals surface area contributed by atoms with Gasteiger partial charge in [-0.2, -0.15) is 4.52 Å². The number of hydrogen-bond acceptors (Lipinski definition) is 5. The molecular weight excluding hydrogens is 326 g/mol. The molecule has 0 unspecified atom stereocenters. The summed E-state index contributed by atoms with van der Waals surface area (Å²) in [5, 5.41) is 16.8. The van der Waals surface area contributed by atoms with E-state index < -0.39 is 0 Å². The van der Waals surface area contributed by atoms with Crippen molar-refractivity contribution < 1.29 is 0 Å². The zero-order valence-electron chi connectivity index (χ0n) is 12.6. The number of rotatable bonds is 5. The Balaban J connectivity index is 1.58. The van der Waals surface area contributed by atoms with Crippen molar-refractivity contribution >= 4 is 28.8 Å². The summed E-state index contributed by atoms with van der Waals surface area (Å²) in [6.45, 7) is 0. The van der Waals surface area contributed by atoms with Crippen LogP contribution < -0.4 is 5.32 Å². The van der Waals surface area contributed by atoms with Gasteiger partial charge in [0.25, 0.3) is 0 Å². The summed E-state index contributed by atoms with van der Waals surface area (Å²) in [5.74, 6) is 1.49. The molecule has 0 aliphatic heterocycles. The lowest BCUT2D eigenvalue weighted by molar-refractivity contribution is 0.778. The van der Waals surface area contributed by atoms with E-state index in [1.54, 1.807) is 10.8 Å². The van der Waals surface area contributed by atoms with Crippen LogP contribution in [0.25, 0.3) is 5.65 Å². The van der Waals surface area contributed by atoms with E-state index in [4.69, 9.17) is 11.6 Å². The molecule has 1 aromatic carbocycles. The first kappa shape index (κ1) is 14.6. The number of benzene rings is 1. The molecule has 0 saturated heterocycles. The molecule has 4 rings (SSSR count). The fraction of sp³-hybridized carbons (Fsp3) is 0.125. The van der Waals surface area contributed by atoms with Gasteiger partial charge in [0.05, 0.1) is 12.0 Å². The van der Waals surface area contributed by atoms with Gasteiger partial charge in [0.1, 0.15) is 0 Å².